The number of sulfone groups is 1. The number of piperazine rings is 1. The number of nitrogens with zero attached hydrogens (tertiary/aromatic N) is 6. The van der Waals surface area contributed by atoms with Gasteiger partial charge in [0.25, 0.3) is 11.8 Å². The van der Waals surface area contributed by atoms with Gasteiger partial charge in [-0.15, -0.1) is 5.10 Å². The zero-order valence-electron chi connectivity index (χ0n) is 36.9. The molecule has 0 saturated carbocycles. The molecule has 4 N–H and O–H groups in total. The molecule has 5 heterocycles. The van der Waals surface area contributed by atoms with Gasteiger partial charge in [-0.3, -0.25) is 39.1 Å². The van der Waals surface area contributed by atoms with Crippen molar-refractivity contribution in [3.05, 3.63) is 96.1 Å². The highest BCUT2D eigenvalue weighted by molar-refractivity contribution is 7.90. The van der Waals surface area contributed by atoms with Gasteiger partial charge in [0.2, 0.25) is 23.7 Å². The molecule has 20 nitrogen and oxygen atoms in total. The van der Waals surface area contributed by atoms with Crippen molar-refractivity contribution in [1.29, 1.82) is 0 Å². The standard InChI is InChI=1S/C46H52N10O10S/c1-67(62,63)35-12-5-31(6-13-35)38-3-2-4-40-50-46(52-56(38)40)49-32-7-10-34(11-8-32)54-21-19-53(20-22-54)30-42(58)48-18-24-65-26-28-66-27-25-64-23-17-47-33-9-14-36-37(29-33)45(61)55(44(36)60)39-15-16-41(57)51-43(39)59/h2-14,29,39,47H,15-28,30H2,1H3,(H,48,58)(H,49,52)(H,51,57,59). The van der Waals surface area contributed by atoms with Crippen LogP contribution in [0.3, 0.4) is 0 Å². The average molecular weight is 937 g/mol. The fourth-order valence-electron chi connectivity index (χ4n) is 8.01. The fourth-order valence-corrected chi connectivity index (χ4v) is 8.64. The van der Waals surface area contributed by atoms with Crippen molar-refractivity contribution in [1.82, 2.24) is 35.0 Å². The van der Waals surface area contributed by atoms with Crippen LogP contribution in [-0.2, 0) is 38.4 Å². The van der Waals surface area contributed by atoms with E-state index in [9.17, 15) is 32.4 Å². The highest BCUT2D eigenvalue weighted by Crippen LogP contribution is 2.30. The normalized spacial score (nSPS) is 16.6. The average Bonchev–Trinajstić information content (AvgIpc) is 3.84. The summed E-state index contributed by atoms with van der Waals surface area (Å²) in [6.45, 7) is 6.47. The molecule has 1 unspecified atom stereocenters. The van der Waals surface area contributed by atoms with Crippen molar-refractivity contribution in [3.8, 4) is 11.3 Å². The van der Waals surface area contributed by atoms with Gasteiger partial charge in [-0.1, -0.05) is 18.2 Å². The first-order valence-electron chi connectivity index (χ1n) is 22.0. The SMILES string of the molecule is CS(=O)(=O)c1ccc(-c2cccc3nc(Nc4ccc(N5CCN(CC(=O)NCCOCCOCCOCCNc6ccc7c(c6)C(=O)N(C6CCC(=O)NC6=O)C7=O)CC5)cc4)nn23)cc1. The van der Waals surface area contributed by atoms with Crippen molar-refractivity contribution in [3.63, 3.8) is 0 Å². The molecular formula is C46H52N10O10S. The number of imide groups is 2. The van der Waals surface area contributed by atoms with Crippen LogP contribution in [0.4, 0.5) is 23.0 Å². The number of hydrogen-bond acceptors (Lipinski definition) is 16. The molecule has 2 saturated heterocycles. The molecule has 2 fully saturated rings. The number of rotatable bonds is 21. The van der Waals surface area contributed by atoms with Crippen LogP contribution in [0.25, 0.3) is 16.9 Å². The van der Waals surface area contributed by atoms with Gasteiger partial charge in [0.15, 0.2) is 15.5 Å². The lowest BCUT2D eigenvalue weighted by atomic mass is 10.0. The first kappa shape index (κ1) is 46.7. The summed E-state index contributed by atoms with van der Waals surface area (Å²) in [7, 11) is -3.30. The number of ether oxygens (including phenoxy) is 3. The van der Waals surface area contributed by atoms with E-state index < -0.39 is 39.5 Å². The van der Waals surface area contributed by atoms with Gasteiger partial charge in [-0.2, -0.15) is 4.98 Å². The maximum Gasteiger partial charge on any atom is 0.262 e. The van der Waals surface area contributed by atoms with Gasteiger partial charge in [0.1, 0.15) is 6.04 Å². The molecule has 0 aliphatic carbocycles. The molecule has 21 heteroatoms. The third-order valence-corrected chi connectivity index (χ3v) is 12.6. The van der Waals surface area contributed by atoms with Crippen LogP contribution < -0.4 is 26.2 Å². The summed E-state index contributed by atoms with van der Waals surface area (Å²) in [6.07, 6.45) is 1.35. The number of aromatic nitrogens is 3. The third kappa shape index (κ3) is 11.6. The molecule has 0 bridgehead atoms. The number of anilines is 4. The topological polar surface area (TPSA) is 235 Å². The van der Waals surface area contributed by atoms with Gasteiger partial charge in [-0.05, 0) is 73.2 Å². The highest BCUT2D eigenvalue weighted by atomic mass is 32.2. The molecule has 2 aromatic heterocycles. The summed E-state index contributed by atoms with van der Waals surface area (Å²) in [5.74, 6) is -1.79. The van der Waals surface area contributed by atoms with E-state index in [-0.39, 0.29) is 34.8 Å². The second-order valence-electron chi connectivity index (χ2n) is 16.2. The number of hydrogen-bond donors (Lipinski definition) is 4. The van der Waals surface area contributed by atoms with E-state index >= 15 is 0 Å². The van der Waals surface area contributed by atoms with E-state index in [0.29, 0.717) is 76.6 Å². The van der Waals surface area contributed by atoms with Crippen LogP contribution >= 0.6 is 0 Å². The molecule has 3 aromatic carbocycles. The molecule has 352 valence electrons. The van der Waals surface area contributed by atoms with E-state index in [4.69, 9.17) is 14.2 Å². The largest absolute Gasteiger partial charge is 0.383 e. The van der Waals surface area contributed by atoms with Crippen molar-refractivity contribution in [2.75, 3.05) is 107 Å². The lowest BCUT2D eigenvalue weighted by Crippen LogP contribution is -2.54. The Kier molecular flexibility index (Phi) is 14.8. The van der Waals surface area contributed by atoms with Gasteiger partial charge in [0, 0.05) is 74.6 Å². The number of amides is 5. The van der Waals surface area contributed by atoms with Gasteiger partial charge in [0.05, 0.1) is 67.9 Å². The first-order chi connectivity index (χ1) is 32.4. The van der Waals surface area contributed by atoms with Crippen molar-refractivity contribution >= 4 is 68.0 Å². The number of benzene rings is 3. The minimum Gasteiger partial charge on any atom is -0.383 e. The number of piperidine rings is 1. The second-order valence-corrected chi connectivity index (χ2v) is 18.2. The van der Waals surface area contributed by atoms with Gasteiger partial charge in [-0.25, -0.2) is 12.9 Å². The fraction of sp³-hybridized carbons (Fsp3) is 0.370. The van der Waals surface area contributed by atoms with Gasteiger partial charge < -0.3 is 35.1 Å². The molecule has 3 aliphatic rings. The third-order valence-electron chi connectivity index (χ3n) is 11.5. The molecule has 0 spiro atoms. The van der Waals surface area contributed by atoms with Crippen molar-refractivity contribution in [2.45, 2.75) is 23.8 Å². The predicted octanol–water partition coefficient (Wildman–Crippen LogP) is 2.34. The van der Waals surface area contributed by atoms with E-state index in [1.807, 2.05) is 42.5 Å². The van der Waals surface area contributed by atoms with E-state index in [2.05, 4.69) is 41.1 Å². The van der Waals surface area contributed by atoms with Crippen LogP contribution in [-0.4, -0.2) is 160 Å². The Morgan fingerprint density at radius 3 is 2.15 bits per heavy atom. The van der Waals surface area contributed by atoms with Crippen LogP contribution in [0.5, 0.6) is 0 Å². The van der Waals surface area contributed by atoms with E-state index in [1.54, 1.807) is 47.0 Å². The van der Waals surface area contributed by atoms with Crippen LogP contribution in [0, 0.1) is 0 Å². The summed E-state index contributed by atoms with van der Waals surface area (Å²) in [4.78, 5) is 72.5. The maximum atomic E-state index is 13.0. The van der Waals surface area contributed by atoms with E-state index in [1.165, 1.54) is 6.26 Å². The maximum absolute atomic E-state index is 13.0. The van der Waals surface area contributed by atoms with Gasteiger partial charge >= 0.3 is 0 Å². The minimum absolute atomic E-state index is 0.0518. The number of nitrogens with one attached hydrogen (secondary N) is 4. The summed E-state index contributed by atoms with van der Waals surface area (Å²) in [5.41, 5.74) is 5.21. The van der Waals surface area contributed by atoms with Crippen molar-refractivity contribution in [2.24, 2.45) is 0 Å². The smallest absolute Gasteiger partial charge is 0.262 e. The van der Waals surface area contributed by atoms with E-state index in [0.717, 1.165) is 53.7 Å². The Hall–Kier alpha value is -6.78. The Balaban J connectivity index is 0.646. The molecule has 1 atom stereocenters. The van der Waals surface area contributed by atoms with Crippen LogP contribution in [0.2, 0.25) is 0 Å². The van der Waals surface area contributed by atoms with Crippen LogP contribution in [0.1, 0.15) is 33.6 Å². The Morgan fingerprint density at radius 1 is 0.776 bits per heavy atom. The number of pyridine rings is 1. The van der Waals surface area contributed by atoms with Crippen molar-refractivity contribution < 1.29 is 46.6 Å². The second kappa shape index (κ2) is 21.2. The molecule has 67 heavy (non-hydrogen) atoms. The minimum atomic E-state index is -3.30. The molecular weight excluding hydrogens is 885 g/mol. The number of carbonyl (C=O) groups excluding carboxylic acids is 5. The first-order valence-corrected chi connectivity index (χ1v) is 23.9. The molecule has 5 aromatic rings. The Morgan fingerprint density at radius 2 is 1.45 bits per heavy atom. The summed E-state index contributed by atoms with van der Waals surface area (Å²) < 4.78 is 42.3. The molecule has 0 radical (unpaired) electrons. The summed E-state index contributed by atoms with van der Waals surface area (Å²) >= 11 is 0. The lowest BCUT2D eigenvalue weighted by molar-refractivity contribution is -0.136. The molecule has 5 amide bonds. The molecule has 8 rings (SSSR count). The zero-order chi connectivity index (χ0) is 46.9. The Labute approximate surface area is 386 Å². The number of fused-ring (bicyclic) bond motifs is 2. The summed E-state index contributed by atoms with van der Waals surface area (Å²) in [6, 6.07) is 24.2. The number of carbonyl (C=O) groups is 5. The lowest BCUT2D eigenvalue weighted by Gasteiger charge is -2.35. The Bertz CT molecular complexity index is 2720. The predicted molar refractivity (Wildman–Crippen MR) is 247 cm³/mol. The zero-order valence-corrected chi connectivity index (χ0v) is 37.8. The highest BCUT2D eigenvalue weighted by Gasteiger charge is 2.44. The summed E-state index contributed by atoms with van der Waals surface area (Å²) in [5, 5.41) is 16.2. The quantitative estimate of drug-likeness (QED) is 0.0611. The molecule has 3 aliphatic heterocycles. The van der Waals surface area contributed by atoms with Crippen LogP contribution in [0.15, 0.2) is 89.8 Å². The monoisotopic (exact) mass is 936 g/mol.